The molecule has 0 aliphatic carbocycles. The Labute approximate surface area is 184 Å². The van der Waals surface area contributed by atoms with Crippen LogP contribution in [0.4, 0.5) is 8.78 Å². The average molecular weight is 433 g/mol. The van der Waals surface area contributed by atoms with Gasteiger partial charge in [0.05, 0.1) is 12.1 Å². The summed E-state index contributed by atoms with van der Waals surface area (Å²) in [6.07, 6.45) is 3.37. The predicted octanol–water partition coefficient (Wildman–Crippen LogP) is 4.07. The second-order valence-corrected chi connectivity index (χ2v) is 8.09. The molecule has 0 aliphatic heterocycles. The van der Waals surface area contributed by atoms with Crippen LogP contribution in [0.1, 0.15) is 55.9 Å². The second-order valence-electron chi connectivity index (χ2n) is 8.09. The van der Waals surface area contributed by atoms with Gasteiger partial charge in [-0.05, 0) is 53.6 Å². The van der Waals surface area contributed by atoms with Crippen molar-refractivity contribution in [1.82, 2.24) is 10.6 Å². The Bertz CT molecular complexity index is 837. The number of halogens is 2. The summed E-state index contributed by atoms with van der Waals surface area (Å²) in [5.41, 5.74) is 4.18. The first-order chi connectivity index (χ1) is 14.8. The number of rotatable bonds is 12. The normalized spacial score (nSPS) is 13.1. The van der Waals surface area contributed by atoms with Crippen molar-refractivity contribution in [2.45, 2.75) is 71.6 Å². The molecular formula is C25H34F2N2O2. The molecule has 2 aromatic carbocycles. The topological polar surface area (TPSA) is 61.4 Å². The van der Waals surface area contributed by atoms with Crippen LogP contribution in [0.25, 0.3) is 0 Å². The maximum Gasteiger partial charge on any atom is 0.217 e. The summed E-state index contributed by atoms with van der Waals surface area (Å²) in [6, 6.07) is 9.15. The van der Waals surface area contributed by atoms with Crippen molar-refractivity contribution in [3.63, 3.8) is 0 Å². The van der Waals surface area contributed by atoms with E-state index in [1.165, 1.54) is 35.7 Å². The van der Waals surface area contributed by atoms with E-state index in [0.29, 0.717) is 12.1 Å². The molecule has 2 atom stereocenters. The van der Waals surface area contributed by atoms with Gasteiger partial charge in [-0.15, -0.1) is 0 Å². The highest BCUT2D eigenvalue weighted by molar-refractivity contribution is 5.73. The van der Waals surface area contributed by atoms with Crippen LogP contribution in [-0.2, 0) is 30.6 Å². The summed E-state index contributed by atoms with van der Waals surface area (Å²) in [6.45, 7) is 6.50. The molecule has 4 nitrogen and oxygen atoms in total. The third-order valence-corrected chi connectivity index (χ3v) is 5.23. The Morgan fingerprint density at radius 3 is 2.26 bits per heavy atom. The summed E-state index contributed by atoms with van der Waals surface area (Å²) >= 11 is 0. The van der Waals surface area contributed by atoms with E-state index in [1.807, 2.05) is 0 Å². The maximum atomic E-state index is 13.5. The van der Waals surface area contributed by atoms with Gasteiger partial charge in [0, 0.05) is 26.1 Å². The number of aliphatic hydroxyl groups is 1. The van der Waals surface area contributed by atoms with E-state index in [9.17, 15) is 18.7 Å². The molecule has 31 heavy (non-hydrogen) atoms. The molecule has 0 saturated heterocycles. The molecule has 0 spiro atoms. The van der Waals surface area contributed by atoms with Crippen LogP contribution in [-0.4, -0.2) is 29.7 Å². The van der Waals surface area contributed by atoms with Gasteiger partial charge in [-0.1, -0.05) is 44.9 Å². The number of nitrogens with one attached hydrogen (secondary N) is 2. The van der Waals surface area contributed by atoms with Crippen molar-refractivity contribution in [2.24, 2.45) is 0 Å². The Morgan fingerprint density at radius 1 is 0.968 bits per heavy atom. The van der Waals surface area contributed by atoms with E-state index >= 15 is 0 Å². The van der Waals surface area contributed by atoms with Crippen LogP contribution in [0.5, 0.6) is 0 Å². The first-order valence-electron chi connectivity index (χ1n) is 11.0. The molecule has 2 rings (SSSR count). The molecule has 0 aromatic heterocycles. The zero-order chi connectivity index (χ0) is 22.8. The van der Waals surface area contributed by atoms with Gasteiger partial charge in [-0.25, -0.2) is 8.78 Å². The molecule has 2 aromatic rings. The Kier molecular flexibility index (Phi) is 10.1. The monoisotopic (exact) mass is 432 g/mol. The lowest BCUT2D eigenvalue weighted by atomic mass is 9.98. The van der Waals surface area contributed by atoms with Crippen LogP contribution < -0.4 is 10.6 Å². The third-order valence-electron chi connectivity index (χ3n) is 5.23. The summed E-state index contributed by atoms with van der Waals surface area (Å²) in [5.74, 6) is -1.67. The molecule has 0 bridgehead atoms. The molecule has 0 fully saturated rings. The van der Waals surface area contributed by atoms with Gasteiger partial charge in [0.2, 0.25) is 5.91 Å². The van der Waals surface area contributed by atoms with Gasteiger partial charge in [0.25, 0.3) is 0 Å². The highest BCUT2D eigenvalue weighted by atomic mass is 19.1. The molecule has 6 heteroatoms. The number of carbonyl (C=O) groups excluding carboxylic acids is 1. The Morgan fingerprint density at radius 2 is 1.65 bits per heavy atom. The van der Waals surface area contributed by atoms with E-state index in [0.717, 1.165) is 31.7 Å². The number of aliphatic hydroxyl groups excluding tert-OH is 1. The Balaban J connectivity index is 2.04. The number of aryl methyl sites for hydroxylation is 2. The van der Waals surface area contributed by atoms with Gasteiger partial charge >= 0.3 is 0 Å². The minimum Gasteiger partial charge on any atom is -0.390 e. The molecule has 0 unspecified atom stereocenters. The SMILES string of the molecule is CCCc1ccc(CCC)c(CNC[C@H](O)[C@H](Cc2cc(F)cc(F)c2)NC(C)=O)c1. The van der Waals surface area contributed by atoms with Crippen molar-refractivity contribution < 1.29 is 18.7 Å². The van der Waals surface area contributed by atoms with Crippen molar-refractivity contribution in [2.75, 3.05) is 6.54 Å². The molecule has 0 aliphatic rings. The van der Waals surface area contributed by atoms with Crippen molar-refractivity contribution in [3.05, 3.63) is 70.3 Å². The van der Waals surface area contributed by atoms with Gasteiger partial charge in [-0.2, -0.15) is 0 Å². The Hall–Kier alpha value is -2.31. The number of amides is 1. The summed E-state index contributed by atoms with van der Waals surface area (Å²) in [4.78, 5) is 11.6. The quantitative estimate of drug-likeness (QED) is 0.474. The van der Waals surface area contributed by atoms with Crippen LogP contribution in [0.15, 0.2) is 36.4 Å². The first kappa shape index (κ1) is 25.0. The fourth-order valence-electron chi connectivity index (χ4n) is 3.83. The van der Waals surface area contributed by atoms with Crippen molar-refractivity contribution in [3.8, 4) is 0 Å². The fraction of sp³-hybridized carbons (Fsp3) is 0.480. The lowest BCUT2D eigenvalue weighted by molar-refractivity contribution is -0.120. The molecular weight excluding hydrogens is 398 g/mol. The number of hydrogen-bond acceptors (Lipinski definition) is 3. The van der Waals surface area contributed by atoms with Crippen molar-refractivity contribution >= 4 is 5.91 Å². The molecule has 1 amide bonds. The smallest absolute Gasteiger partial charge is 0.217 e. The minimum atomic E-state index is -0.913. The summed E-state index contributed by atoms with van der Waals surface area (Å²) in [5, 5.41) is 16.7. The molecule has 0 saturated carbocycles. The number of hydrogen-bond donors (Lipinski definition) is 3. The van der Waals surface area contributed by atoms with Gasteiger partial charge in [0.1, 0.15) is 11.6 Å². The standard InChI is InChI=1S/C25H34F2N2O2/c1-4-6-18-8-9-20(7-5-2)21(10-18)15-28-16-25(31)24(29-17(3)30)13-19-11-22(26)14-23(27)12-19/h8-12,14,24-25,28,31H,4-7,13,15-16H2,1-3H3,(H,29,30)/t24-,25-/m0/s1. The first-order valence-corrected chi connectivity index (χ1v) is 11.0. The lowest BCUT2D eigenvalue weighted by Crippen LogP contribution is -2.48. The minimum absolute atomic E-state index is 0.129. The average Bonchev–Trinajstić information content (AvgIpc) is 2.68. The van der Waals surface area contributed by atoms with E-state index in [2.05, 4.69) is 42.7 Å². The largest absolute Gasteiger partial charge is 0.390 e. The third kappa shape index (κ3) is 8.38. The number of benzene rings is 2. The molecule has 0 heterocycles. The fourth-order valence-corrected chi connectivity index (χ4v) is 3.83. The molecule has 0 radical (unpaired) electrons. The highest BCUT2D eigenvalue weighted by Crippen LogP contribution is 2.16. The number of carbonyl (C=O) groups is 1. The highest BCUT2D eigenvalue weighted by Gasteiger charge is 2.21. The van der Waals surface area contributed by atoms with Crippen molar-refractivity contribution in [1.29, 1.82) is 0 Å². The zero-order valence-corrected chi connectivity index (χ0v) is 18.7. The van der Waals surface area contributed by atoms with E-state index in [-0.39, 0.29) is 18.9 Å². The molecule has 3 N–H and O–H groups in total. The lowest BCUT2D eigenvalue weighted by Gasteiger charge is -2.24. The van der Waals surface area contributed by atoms with Crippen LogP contribution >= 0.6 is 0 Å². The molecule has 170 valence electrons. The van der Waals surface area contributed by atoms with E-state index in [1.54, 1.807) is 0 Å². The predicted molar refractivity (Wildman–Crippen MR) is 120 cm³/mol. The van der Waals surface area contributed by atoms with Gasteiger partial charge in [0.15, 0.2) is 0 Å². The van der Waals surface area contributed by atoms with Gasteiger partial charge < -0.3 is 15.7 Å². The van der Waals surface area contributed by atoms with E-state index < -0.39 is 23.8 Å². The second kappa shape index (κ2) is 12.5. The summed E-state index contributed by atoms with van der Waals surface area (Å²) < 4.78 is 27.0. The van der Waals surface area contributed by atoms with Gasteiger partial charge in [-0.3, -0.25) is 4.79 Å². The van der Waals surface area contributed by atoms with Crippen LogP contribution in [0.3, 0.4) is 0 Å². The van der Waals surface area contributed by atoms with Crippen LogP contribution in [0, 0.1) is 11.6 Å². The zero-order valence-electron chi connectivity index (χ0n) is 18.7. The van der Waals surface area contributed by atoms with E-state index in [4.69, 9.17) is 0 Å². The maximum absolute atomic E-state index is 13.5. The van der Waals surface area contributed by atoms with Crippen LogP contribution in [0.2, 0.25) is 0 Å². The summed E-state index contributed by atoms with van der Waals surface area (Å²) in [7, 11) is 0.